The highest BCUT2D eigenvalue weighted by molar-refractivity contribution is 5.72. The summed E-state index contributed by atoms with van der Waals surface area (Å²) in [6.45, 7) is 5.68. The summed E-state index contributed by atoms with van der Waals surface area (Å²) in [5, 5.41) is 3.36. The minimum atomic E-state index is 0.496. The van der Waals surface area contributed by atoms with Gasteiger partial charge in [0.15, 0.2) is 0 Å². The molecule has 0 heterocycles. The molecule has 22 heavy (non-hydrogen) atoms. The van der Waals surface area contributed by atoms with Crippen LogP contribution in [0.15, 0.2) is 72.2 Å². The van der Waals surface area contributed by atoms with Crippen molar-refractivity contribution in [3.8, 4) is 0 Å². The first-order valence-corrected chi connectivity index (χ1v) is 7.48. The average Bonchev–Trinajstić information content (AvgIpc) is 2.57. The number of aliphatic imine (C=N–C) groups is 1. The Kier molecular flexibility index (Phi) is 6.93. The van der Waals surface area contributed by atoms with Crippen LogP contribution in [0.4, 0.5) is 11.4 Å². The van der Waals surface area contributed by atoms with E-state index in [4.69, 9.17) is 4.74 Å². The van der Waals surface area contributed by atoms with E-state index in [0.717, 1.165) is 24.3 Å². The molecule has 0 aromatic heterocycles. The number of hydrogen-bond donors (Lipinski definition) is 1. The highest BCUT2D eigenvalue weighted by atomic mass is 16.5. The fourth-order valence-electron chi connectivity index (χ4n) is 1.98. The van der Waals surface area contributed by atoms with Crippen molar-refractivity contribution in [3.63, 3.8) is 0 Å². The fraction of sp³-hybridized carbons (Fsp3) is 0.211. The lowest BCUT2D eigenvalue weighted by Crippen LogP contribution is -2.00. The second-order valence-electron chi connectivity index (χ2n) is 4.83. The molecule has 0 spiro atoms. The van der Waals surface area contributed by atoms with E-state index in [2.05, 4.69) is 29.0 Å². The number of benzene rings is 2. The van der Waals surface area contributed by atoms with Gasteiger partial charge in [0.05, 0.1) is 24.6 Å². The van der Waals surface area contributed by atoms with Crippen LogP contribution < -0.4 is 5.32 Å². The van der Waals surface area contributed by atoms with Crippen molar-refractivity contribution in [2.45, 2.75) is 13.0 Å². The quantitative estimate of drug-likeness (QED) is 0.417. The van der Waals surface area contributed by atoms with Gasteiger partial charge in [-0.1, -0.05) is 48.5 Å². The molecule has 0 aliphatic carbocycles. The molecule has 0 saturated heterocycles. The Morgan fingerprint density at radius 2 is 1.82 bits per heavy atom. The summed E-state index contributed by atoms with van der Waals surface area (Å²) in [5.74, 6) is 0. The van der Waals surface area contributed by atoms with Crippen molar-refractivity contribution in [1.82, 2.24) is 0 Å². The first kappa shape index (κ1) is 16.0. The lowest BCUT2D eigenvalue weighted by Gasteiger charge is -2.07. The summed E-state index contributed by atoms with van der Waals surface area (Å²) in [6, 6.07) is 18.1. The third-order valence-corrected chi connectivity index (χ3v) is 3.10. The molecule has 0 saturated carbocycles. The lowest BCUT2D eigenvalue weighted by atomic mass is 10.2. The van der Waals surface area contributed by atoms with Gasteiger partial charge in [0.25, 0.3) is 0 Å². The van der Waals surface area contributed by atoms with Gasteiger partial charge in [0.2, 0.25) is 0 Å². The third-order valence-electron chi connectivity index (χ3n) is 3.10. The zero-order valence-electron chi connectivity index (χ0n) is 12.7. The van der Waals surface area contributed by atoms with Gasteiger partial charge in [0.1, 0.15) is 0 Å². The average molecular weight is 294 g/mol. The molecule has 0 atom stereocenters. The van der Waals surface area contributed by atoms with Crippen molar-refractivity contribution in [2.75, 3.05) is 18.5 Å². The highest BCUT2D eigenvalue weighted by Gasteiger charge is 1.97. The smallest absolute Gasteiger partial charge is 0.0858 e. The molecule has 0 bridgehead atoms. The second kappa shape index (κ2) is 9.53. The van der Waals surface area contributed by atoms with Gasteiger partial charge >= 0.3 is 0 Å². The van der Waals surface area contributed by atoms with Crippen molar-refractivity contribution in [2.24, 2.45) is 4.99 Å². The van der Waals surface area contributed by atoms with E-state index >= 15 is 0 Å². The number of ether oxygens (including phenoxy) is 1. The number of nitrogens with zero attached hydrogens (tertiary/aromatic N) is 1. The van der Waals surface area contributed by atoms with E-state index < -0.39 is 0 Å². The molecule has 2 rings (SSSR count). The predicted molar refractivity (Wildman–Crippen MR) is 94.0 cm³/mol. The van der Waals surface area contributed by atoms with E-state index in [1.807, 2.05) is 48.5 Å². The number of hydrogen-bond acceptors (Lipinski definition) is 3. The Bertz CT molecular complexity index is 593. The maximum atomic E-state index is 5.60. The summed E-state index contributed by atoms with van der Waals surface area (Å²) in [7, 11) is 0. The molecule has 0 amide bonds. The molecule has 3 heteroatoms. The number of anilines is 1. The molecule has 0 aliphatic rings. The van der Waals surface area contributed by atoms with Gasteiger partial charge in [-0.2, -0.15) is 0 Å². The Hall–Kier alpha value is -2.39. The monoisotopic (exact) mass is 294 g/mol. The van der Waals surface area contributed by atoms with Gasteiger partial charge in [-0.25, -0.2) is 0 Å². The Morgan fingerprint density at radius 3 is 2.64 bits per heavy atom. The van der Waals surface area contributed by atoms with Gasteiger partial charge in [0, 0.05) is 12.8 Å². The summed E-state index contributed by atoms with van der Waals surface area (Å²) in [6.07, 6.45) is 4.63. The lowest BCUT2D eigenvalue weighted by molar-refractivity contribution is 0.160. The van der Waals surface area contributed by atoms with Crippen LogP contribution in [-0.2, 0) is 11.3 Å². The molecule has 2 aromatic carbocycles. The summed E-state index contributed by atoms with van der Waals surface area (Å²) >= 11 is 0. The van der Waals surface area contributed by atoms with Crippen LogP contribution in [0.1, 0.15) is 12.0 Å². The standard InChI is InChI=1S/C19H22N2O/c1-2-3-13-20-18-11-7-8-12-19(18)21-14-15-22-16-17-9-5-4-6-10-17/h2,4-12,14,20H,1,3,13,15-16H2. The van der Waals surface area contributed by atoms with Crippen molar-refractivity contribution < 1.29 is 4.74 Å². The molecule has 0 radical (unpaired) electrons. The molecule has 0 fully saturated rings. The minimum absolute atomic E-state index is 0.496. The van der Waals surface area contributed by atoms with E-state index in [1.54, 1.807) is 6.21 Å². The SMILES string of the molecule is C=CCCNc1ccccc1N=CCOCc1ccccc1. The van der Waals surface area contributed by atoms with Gasteiger partial charge in [-0.05, 0) is 24.1 Å². The zero-order valence-corrected chi connectivity index (χ0v) is 12.7. The number of rotatable bonds is 9. The minimum Gasteiger partial charge on any atom is -0.383 e. The highest BCUT2D eigenvalue weighted by Crippen LogP contribution is 2.23. The van der Waals surface area contributed by atoms with Crippen LogP contribution in [0, 0.1) is 0 Å². The largest absolute Gasteiger partial charge is 0.383 e. The van der Waals surface area contributed by atoms with E-state index in [0.29, 0.717) is 13.2 Å². The summed E-state index contributed by atoms with van der Waals surface area (Å²) in [5.41, 5.74) is 3.13. The normalized spacial score (nSPS) is 10.7. The van der Waals surface area contributed by atoms with E-state index in [1.165, 1.54) is 5.56 Å². The third kappa shape index (κ3) is 5.54. The van der Waals surface area contributed by atoms with Crippen molar-refractivity contribution in [1.29, 1.82) is 0 Å². The van der Waals surface area contributed by atoms with Crippen LogP contribution >= 0.6 is 0 Å². The molecule has 1 N–H and O–H groups in total. The summed E-state index contributed by atoms with van der Waals surface area (Å²) in [4.78, 5) is 4.48. The van der Waals surface area contributed by atoms with Crippen molar-refractivity contribution in [3.05, 3.63) is 72.8 Å². The van der Waals surface area contributed by atoms with Crippen LogP contribution in [0.2, 0.25) is 0 Å². The fourth-order valence-corrected chi connectivity index (χ4v) is 1.98. The molecule has 0 unspecified atom stereocenters. The van der Waals surface area contributed by atoms with Crippen LogP contribution in [-0.4, -0.2) is 19.4 Å². The maximum absolute atomic E-state index is 5.60. The molecule has 0 aliphatic heterocycles. The van der Waals surface area contributed by atoms with E-state index in [9.17, 15) is 0 Å². The molecular formula is C19H22N2O. The Labute approximate surface area is 132 Å². The van der Waals surface area contributed by atoms with Gasteiger partial charge in [-0.3, -0.25) is 4.99 Å². The van der Waals surface area contributed by atoms with Crippen LogP contribution in [0.25, 0.3) is 0 Å². The van der Waals surface area contributed by atoms with E-state index in [-0.39, 0.29) is 0 Å². The zero-order chi connectivity index (χ0) is 15.5. The Balaban J connectivity index is 1.81. The van der Waals surface area contributed by atoms with Crippen LogP contribution in [0.5, 0.6) is 0 Å². The molecular weight excluding hydrogens is 272 g/mol. The van der Waals surface area contributed by atoms with Gasteiger partial charge in [-0.15, -0.1) is 6.58 Å². The Morgan fingerprint density at radius 1 is 1.05 bits per heavy atom. The first-order valence-electron chi connectivity index (χ1n) is 7.48. The van der Waals surface area contributed by atoms with Crippen LogP contribution in [0.3, 0.4) is 0 Å². The van der Waals surface area contributed by atoms with Crippen molar-refractivity contribution >= 4 is 17.6 Å². The number of para-hydroxylation sites is 2. The number of nitrogens with one attached hydrogen (secondary N) is 1. The molecule has 114 valence electrons. The summed E-state index contributed by atoms with van der Waals surface area (Å²) < 4.78 is 5.60. The second-order valence-corrected chi connectivity index (χ2v) is 4.83. The molecule has 3 nitrogen and oxygen atoms in total. The first-order chi connectivity index (χ1) is 10.9. The predicted octanol–water partition coefficient (Wildman–Crippen LogP) is 4.59. The maximum Gasteiger partial charge on any atom is 0.0858 e. The van der Waals surface area contributed by atoms with Gasteiger partial charge < -0.3 is 10.1 Å². The molecule has 2 aromatic rings. The topological polar surface area (TPSA) is 33.6 Å².